The van der Waals surface area contributed by atoms with E-state index in [-0.39, 0.29) is 35.0 Å². The third kappa shape index (κ3) is 6.32. The molecule has 3 aliphatic rings. The number of piperidine rings is 1. The van der Waals surface area contributed by atoms with Crippen LogP contribution in [-0.4, -0.2) is 77.6 Å². The first-order valence-electron chi connectivity index (χ1n) is 12.3. The molecule has 10 nitrogen and oxygen atoms in total. The van der Waals surface area contributed by atoms with Crippen LogP contribution in [0, 0.1) is 5.41 Å². The molecule has 5 heterocycles. The van der Waals surface area contributed by atoms with Crippen molar-refractivity contribution in [2.45, 2.75) is 45.1 Å². The van der Waals surface area contributed by atoms with E-state index >= 15 is 0 Å². The summed E-state index contributed by atoms with van der Waals surface area (Å²) in [5.41, 5.74) is 0.136. The van der Waals surface area contributed by atoms with Gasteiger partial charge in [0.25, 0.3) is 0 Å². The summed E-state index contributed by atoms with van der Waals surface area (Å²) in [4.78, 5) is 28.8. The number of nitrogens with one attached hydrogen (secondary N) is 1. The molecule has 13 heteroatoms. The monoisotopic (exact) mass is 522 g/mol. The van der Waals surface area contributed by atoms with Crippen LogP contribution in [0.25, 0.3) is 0 Å². The number of ether oxygens (including phenoxy) is 3. The van der Waals surface area contributed by atoms with Gasteiger partial charge in [-0.15, -0.1) is 13.2 Å². The van der Waals surface area contributed by atoms with Crippen LogP contribution in [0.4, 0.5) is 30.6 Å². The van der Waals surface area contributed by atoms with Crippen molar-refractivity contribution in [3.63, 3.8) is 0 Å². The molecule has 1 spiro atoms. The van der Waals surface area contributed by atoms with Gasteiger partial charge in [-0.3, -0.25) is 4.79 Å². The van der Waals surface area contributed by atoms with Gasteiger partial charge in [-0.2, -0.15) is 9.97 Å². The second-order valence-corrected chi connectivity index (χ2v) is 9.74. The van der Waals surface area contributed by atoms with Gasteiger partial charge >= 0.3 is 12.4 Å². The average molecular weight is 523 g/mol. The van der Waals surface area contributed by atoms with E-state index in [1.54, 1.807) is 13.0 Å². The highest BCUT2D eigenvalue weighted by molar-refractivity contribution is 5.73. The molecular formula is C24H29F3N6O4. The molecule has 0 aliphatic carbocycles. The number of aromatic nitrogens is 3. The summed E-state index contributed by atoms with van der Waals surface area (Å²) in [6.07, 6.45) is -0.377. The number of likely N-dealkylation sites (tertiary alicyclic amines) is 1. The summed E-state index contributed by atoms with van der Waals surface area (Å²) < 4.78 is 53.4. The Balaban J connectivity index is 1.33. The predicted molar refractivity (Wildman–Crippen MR) is 127 cm³/mol. The predicted octanol–water partition coefficient (Wildman–Crippen LogP) is 3.52. The lowest BCUT2D eigenvalue weighted by atomic mass is 9.72. The fourth-order valence-electron chi connectivity index (χ4n) is 4.98. The first kappa shape index (κ1) is 25.3. The zero-order chi connectivity index (χ0) is 26.0. The van der Waals surface area contributed by atoms with Gasteiger partial charge in [0.15, 0.2) is 0 Å². The number of carbonyl (C=O) groups excluding carboxylic acids is 1. The average Bonchev–Trinajstić information content (AvgIpc) is 2.82. The highest BCUT2D eigenvalue weighted by atomic mass is 19.4. The molecule has 2 aromatic heterocycles. The van der Waals surface area contributed by atoms with Crippen LogP contribution in [0.3, 0.4) is 0 Å². The van der Waals surface area contributed by atoms with Crippen LogP contribution in [0.5, 0.6) is 11.8 Å². The highest BCUT2D eigenvalue weighted by Gasteiger charge is 2.46. The normalized spacial score (nSPS) is 19.9. The second-order valence-electron chi connectivity index (χ2n) is 9.74. The largest absolute Gasteiger partial charge is 0.573 e. The Kier molecular flexibility index (Phi) is 6.97. The van der Waals surface area contributed by atoms with E-state index in [2.05, 4.69) is 29.9 Å². The minimum atomic E-state index is -4.81. The summed E-state index contributed by atoms with van der Waals surface area (Å²) in [5, 5.41) is 2.96. The lowest BCUT2D eigenvalue weighted by Gasteiger charge is -2.54. The fraction of sp³-hybridized carbons (Fsp3) is 0.583. The summed E-state index contributed by atoms with van der Waals surface area (Å²) in [5.74, 6) is 0.850. The van der Waals surface area contributed by atoms with Gasteiger partial charge in [-0.05, 0) is 18.9 Å². The van der Waals surface area contributed by atoms with E-state index in [9.17, 15) is 18.0 Å². The number of nitrogens with zero attached hydrogens (tertiary/aromatic N) is 5. The van der Waals surface area contributed by atoms with Crippen LogP contribution >= 0.6 is 0 Å². The zero-order valence-electron chi connectivity index (χ0n) is 20.5. The Morgan fingerprint density at radius 3 is 2.54 bits per heavy atom. The first-order chi connectivity index (χ1) is 17.7. The fourth-order valence-corrected chi connectivity index (χ4v) is 4.98. The number of hydrogen-bond acceptors (Lipinski definition) is 9. The third-order valence-corrected chi connectivity index (χ3v) is 7.00. The number of amides is 1. The standard InChI is InChI=1S/C24H29F3N6O4/c1-16(34)32-8-5-23(6-9-32)14-33(15-23)21-13-20(30-22(31-21)36-17-3-10-35-11-4-17)29-19-12-18(2-7-28-19)37-24(25,26)27/h2,7,12-13,17H,3-6,8-11,14-15H2,1H3,(H,28,29,30,31). The van der Waals surface area contributed by atoms with Crippen molar-refractivity contribution < 1.29 is 32.2 Å². The highest BCUT2D eigenvalue weighted by Crippen LogP contribution is 2.43. The molecule has 3 aliphatic heterocycles. The number of halogens is 3. The van der Waals surface area contributed by atoms with Crippen molar-refractivity contribution in [3.05, 3.63) is 24.4 Å². The van der Waals surface area contributed by atoms with Crippen LogP contribution < -0.4 is 19.7 Å². The Hall–Kier alpha value is -3.35. The smallest absolute Gasteiger partial charge is 0.460 e. The molecule has 200 valence electrons. The Morgan fingerprint density at radius 2 is 1.86 bits per heavy atom. The van der Waals surface area contributed by atoms with Gasteiger partial charge in [0, 0.05) is 69.7 Å². The van der Waals surface area contributed by atoms with Crippen LogP contribution in [0.1, 0.15) is 32.6 Å². The van der Waals surface area contributed by atoms with Gasteiger partial charge in [-0.25, -0.2) is 4.98 Å². The molecule has 5 rings (SSSR count). The van der Waals surface area contributed by atoms with Gasteiger partial charge in [0.1, 0.15) is 29.3 Å². The Morgan fingerprint density at radius 1 is 1.14 bits per heavy atom. The number of anilines is 3. The zero-order valence-corrected chi connectivity index (χ0v) is 20.5. The van der Waals surface area contributed by atoms with Gasteiger partial charge in [-0.1, -0.05) is 0 Å². The topological polar surface area (TPSA) is 102 Å². The SMILES string of the molecule is CC(=O)N1CCC2(CC1)CN(c1cc(Nc3cc(OC(F)(F)F)ccn3)nc(OC3CCOCC3)n1)C2. The van der Waals surface area contributed by atoms with Gasteiger partial charge < -0.3 is 29.3 Å². The van der Waals surface area contributed by atoms with E-state index < -0.39 is 6.36 Å². The van der Waals surface area contributed by atoms with E-state index in [4.69, 9.17) is 9.47 Å². The molecule has 2 aromatic rings. The number of rotatable bonds is 6. The van der Waals surface area contributed by atoms with E-state index in [0.29, 0.717) is 37.7 Å². The maximum atomic E-state index is 12.6. The van der Waals surface area contributed by atoms with Crippen molar-refractivity contribution >= 4 is 23.4 Å². The van der Waals surface area contributed by atoms with E-state index in [1.807, 2.05) is 4.90 Å². The maximum absolute atomic E-state index is 12.6. The second kappa shape index (κ2) is 10.2. The first-order valence-corrected chi connectivity index (χ1v) is 12.3. The number of carbonyl (C=O) groups is 1. The summed E-state index contributed by atoms with van der Waals surface area (Å²) in [7, 11) is 0. The lowest BCUT2D eigenvalue weighted by Crippen LogP contribution is -2.61. The number of hydrogen-bond donors (Lipinski definition) is 1. The van der Waals surface area contributed by atoms with E-state index in [1.165, 1.54) is 6.20 Å². The molecule has 37 heavy (non-hydrogen) atoms. The van der Waals surface area contributed by atoms with Crippen LogP contribution in [0.2, 0.25) is 0 Å². The summed E-state index contributed by atoms with van der Waals surface area (Å²) in [6.45, 7) is 5.87. The lowest BCUT2D eigenvalue weighted by molar-refractivity contribution is -0.274. The third-order valence-electron chi connectivity index (χ3n) is 7.00. The van der Waals surface area contributed by atoms with Crippen molar-refractivity contribution in [1.82, 2.24) is 19.9 Å². The molecule has 1 N–H and O–H groups in total. The quantitative estimate of drug-likeness (QED) is 0.611. The molecule has 1 amide bonds. The Labute approximate surface area is 212 Å². The number of alkyl halides is 3. The molecule has 0 unspecified atom stereocenters. The molecule has 0 saturated carbocycles. The molecule has 0 aromatic carbocycles. The van der Waals surface area contributed by atoms with Crippen molar-refractivity contribution in [3.8, 4) is 11.8 Å². The molecule has 0 bridgehead atoms. The minimum absolute atomic E-state index is 0.0860. The van der Waals surface area contributed by atoms with Crippen molar-refractivity contribution in [2.75, 3.05) is 49.6 Å². The van der Waals surface area contributed by atoms with Crippen molar-refractivity contribution in [1.29, 1.82) is 0 Å². The molecular weight excluding hydrogens is 493 g/mol. The molecule has 3 fully saturated rings. The maximum Gasteiger partial charge on any atom is 0.573 e. The van der Waals surface area contributed by atoms with E-state index in [0.717, 1.165) is 51.2 Å². The Bertz CT molecular complexity index is 1110. The van der Waals surface area contributed by atoms with Crippen LogP contribution in [0.15, 0.2) is 24.4 Å². The van der Waals surface area contributed by atoms with Crippen LogP contribution in [-0.2, 0) is 9.53 Å². The summed E-state index contributed by atoms with van der Waals surface area (Å²) >= 11 is 0. The van der Waals surface area contributed by atoms with Gasteiger partial charge in [0.2, 0.25) is 5.91 Å². The molecule has 3 saturated heterocycles. The minimum Gasteiger partial charge on any atom is -0.460 e. The molecule has 0 radical (unpaired) electrons. The van der Waals surface area contributed by atoms with Gasteiger partial charge in [0.05, 0.1) is 13.2 Å². The summed E-state index contributed by atoms with van der Waals surface area (Å²) in [6, 6.07) is 4.19. The molecule has 0 atom stereocenters. The number of pyridine rings is 1. The van der Waals surface area contributed by atoms with Crippen molar-refractivity contribution in [2.24, 2.45) is 5.41 Å².